The largest absolute Gasteiger partial charge is 0.480 e. The van der Waals surface area contributed by atoms with Gasteiger partial charge in [0, 0.05) is 13.2 Å². The van der Waals surface area contributed by atoms with Crippen molar-refractivity contribution in [1.29, 1.82) is 0 Å². The van der Waals surface area contributed by atoms with E-state index < -0.39 is 12.0 Å². The molecule has 0 aromatic rings. The number of carbonyl (C=O) groups is 1. The molecule has 0 heterocycles. The molecule has 0 aromatic carbocycles. The second-order valence-electron chi connectivity index (χ2n) is 2.21. The first-order valence-corrected chi connectivity index (χ1v) is 3.72. The van der Waals surface area contributed by atoms with Gasteiger partial charge >= 0.3 is 5.97 Å². The maximum absolute atomic E-state index is 10.3. The van der Waals surface area contributed by atoms with Gasteiger partial charge in [0.25, 0.3) is 0 Å². The van der Waals surface area contributed by atoms with Crippen LogP contribution < -0.4 is 5.32 Å². The van der Waals surface area contributed by atoms with Gasteiger partial charge in [-0.2, -0.15) is 0 Å². The maximum atomic E-state index is 10.3. The Kier molecular flexibility index (Phi) is 5.78. The highest BCUT2D eigenvalue weighted by molar-refractivity contribution is 5.72. The second kappa shape index (κ2) is 6.12. The van der Waals surface area contributed by atoms with Crippen molar-refractivity contribution < 1.29 is 14.6 Å². The Morgan fingerprint density at radius 3 is 2.82 bits per heavy atom. The summed E-state index contributed by atoms with van der Waals surface area (Å²) in [6.07, 6.45) is 0. The minimum atomic E-state index is -0.832. The molecule has 0 radical (unpaired) electrons. The summed E-state index contributed by atoms with van der Waals surface area (Å²) in [6, 6.07) is -0.490. The van der Waals surface area contributed by atoms with E-state index in [0.29, 0.717) is 19.8 Å². The Bertz CT molecular complexity index is 116. The molecule has 0 aliphatic rings. The summed E-state index contributed by atoms with van der Waals surface area (Å²) in [5.41, 5.74) is 0. The van der Waals surface area contributed by atoms with Crippen molar-refractivity contribution in [1.82, 2.24) is 5.32 Å². The van der Waals surface area contributed by atoms with E-state index in [1.54, 1.807) is 6.92 Å². The molecule has 0 aliphatic heterocycles. The van der Waals surface area contributed by atoms with Crippen LogP contribution in [0.25, 0.3) is 0 Å². The fourth-order valence-corrected chi connectivity index (χ4v) is 0.579. The molecule has 0 fully saturated rings. The summed E-state index contributed by atoms with van der Waals surface area (Å²) in [6.45, 7) is 5.33. The number of hydrogen-bond acceptors (Lipinski definition) is 3. The van der Waals surface area contributed by atoms with Crippen LogP contribution in [0, 0.1) is 0 Å². The van der Waals surface area contributed by atoms with Gasteiger partial charge in [-0.25, -0.2) is 0 Å². The Balaban J connectivity index is 3.17. The topological polar surface area (TPSA) is 58.6 Å². The fraction of sp³-hybridized carbons (Fsp3) is 0.857. The third kappa shape index (κ3) is 5.82. The molecule has 4 heteroatoms. The second-order valence-corrected chi connectivity index (χ2v) is 2.21. The molecule has 0 aromatic heterocycles. The van der Waals surface area contributed by atoms with Gasteiger partial charge in [-0.15, -0.1) is 0 Å². The van der Waals surface area contributed by atoms with Crippen molar-refractivity contribution in [2.75, 3.05) is 19.8 Å². The van der Waals surface area contributed by atoms with E-state index in [1.165, 1.54) is 0 Å². The number of hydrogen-bond donors (Lipinski definition) is 2. The number of carboxylic acid groups (broad SMARTS) is 1. The number of carboxylic acids is 1. The average molecular weight is 161 g/mol. The van der Waals surface area contributed by atoms with Crippen LogP contribution in [-0.4, -0.2) is 36.9 Å². The van der Waals surface area contributed by atoms with Crippen molar-refractivity contribution in [3.63, 3.8) is 0 Å². The van der Waals surface area contributed by atoms with Gasteiger partial charge in [-0.1, -0.05) is 0 Å². The highest BCUT2D eigenvalue weighted by Crippen LogP contribution is 1.79. The van der Waals surface area contributed by atoms with Gasteiger partial charge in [0.1, 0.15) is 6.04 Å². The molecule has 11 heavy (non-hydrogen) atoms. The molecule has 0 saturated heterocycles. The van der Waals surface area contributed by atoms with E-state index in [-0.39, 0.29) is 0 Å². The quantitative estimate of drug-likeness (QED) is 0.542. The zero-order chi connectivity index (χ0) is 8.69. The molecule has 66 valence electrons. The monoisotopic (exact) mass is 161 g/mol. The molecule has 0 bridgehead atoms. The lowest BCUT2D eigenvalue weighted by molar-refractivity contribution is -0.139. The standard InChI is InChI=1S/C7H15NO3/c1-3-11-5-4-8-6(2)7(9)10/h6,8H,3-5H2,1-2H3,(H,9,10). The highest BCUT2D eigenvalue weighted by atomic mass is 16.5. The summed E-state index contributed by atoms with van der Waals surface area (Å²) in [4.78, 5) is 10.3. The number of rotatable bonds is 6. The lowest BCUT2D eigenvalue weighted by atomic mass is 10.3. The molecular weight excluding hydrogens is 146 g/mol. The summed E-state index contributed by atoms with van der Waals surface area (Å²) in [5.74, 6) is -0.832. The van der Waals surface area contributed by atoms with Crippen LogP contribution in [0.15, 0.2) is 0 Å². The molecule has 0 rings (SSSR count). The molecule has 0 spiro atoms. The predicted octanol–water partition coefficient (Wildman–Crippen LogP) is 0.0856. The van der Waals surface area contributed by atoms with E-state index in [4.69, 9.17) is 9.84 Å². The molecule has 4 nitrogen and oxygen atoms in total. The lowest BCUT2D eigenvalue weighted by Gasteiger charge is -2.07. The summed E-state index contributed by atoms with van der Waals surface area (Å²) in [5, 5.41) is 11.2. The third-order valence-electron chi connectivity index (χ3n) is 1.27. The molecule has 0 saturated carbocycles. The van der Waals surface area contributed by atoms with E-state index in [2.05, 4.69) is 5.32 Å². The van der Waals surface area contributed by atoms with Gasteiger partial charge in [0.2, 0.25) is 0 Å². The van der Waals surface area contributed by atoms with E-state index >= 15 is 0 Å². The Hall–Kier alpha value is -0.610. The first-order chi connectivity index (χ1) is 5.18. The van der Waals surface area contributed by atoms with Gasteiger partial charge in [0.05, 0.1) is 6.61 Å². The number of aliphatic carboxylic acids is 1. The Labute approximate surface area is 66.5 Å². The van der Waals surface area contributed by atoms with E-state index in [9.17, 15) is 4.79 Å². The SMILES string of the molecule is CCOCCNC(C)C(=O)O. The Morgan fingerprint density at radius 2 is 2.36 bits per heavy atom. The first kappa shape index (κ1) is 10.4. The van der Waals surface area contributed by atoms with Gasteiger partial charge in [-0.3, -0.25) is 4.79 Å². The van der Waals surface area contributed by atoms with Crippen molar-refractivity contribution in [2.45, 2.75) is 19.9 Å². The summed E-state index contributed by atoms with van der Waals surface area (Å²) < 4.78 is 5.01. The molecule has 1 unspecified atom stereocenters. The molecule has 0 amide bonds. The first-order valence-electron chi connectivity index (χ1n) is 3.72. The molecular formula is C7H15NO3. The molecule has 1 atom stereocenters. The van der Waals surface area contributed by atoms with Gasteiger partial charge in [0.15, 0.2) is 0 Å². The third-order valence-corrected chi connectivity index (χ3v) is 1.27. The van der Waals surface area contributed by atoms with Crippen LogP contribution in [0.3, 0.4) is 0 Å². The van der Waals surface area contributed by atoms with E-state index in [1.807, 2.05) is 6.92 Å². The van der Waals surface area contributed by atoms with Crippen molar-refractivity contribution in [3.05, 3.63) is 0 Å². The smallest absolute Gasteiger partial charge is 0.320 e. The zero-order valence-corrected chi connectivity index (χ0v) is 6.96. The highest BCUT2D eigenvalue weighted by Gasteiger charge is 2.07. The molecule has 0 aliphatic carbocycles. The van der Waals surface area contributed by atoms with Crippen LogP contribution in [0.2, 0.25) is 0 Å². The van der Waals surface area contributed by atoms with Crippen molar-refractivity contribution >= 4 is 5.97 Å². The van der Waals surface area contributed by atoms with Crippen molar-refractivity contribution in [2.24, 2.45) is 0 Å². The van der Waals surface area contributed by atoms with Crippen LogP contribution in [0.5, 0.6) is 0 Å². The van der Waals surface area contributed by atoms with Crippen molar-refractivity contribution in [3.8, 4) is 0 Å². The van der Waals surface area contributed by atoms with Crippen LogP contribution >= 0.6 is 0 Å². The van der Waals surface area contributed by atoms with Crippen LogP contribution in [-0.2, 0) is 9.53 Å². The zero-order valence-electron chi connectivity index (χ0n) is 6.96. The minimum Gasteiger partial charge on any atom is -0.480 e. The predicted molar refractivity (Wildman–Crippen MR) is 41.6 cm³/mol. The van der Waals surface area contributed by atoms with Crippen LogP contribution in [0.1, 0.15) is 13.8 Å². The normalized spacial score (nSPS) is 12.9. The lowest BCUT2D eigenvalue weighted by Crippen LogP contribution is -2.35. The van der Waals surface area contributed by atoms with Gasteiger partial charge < -0.3 is 15.2 Å². The number of nitrogens with one attached hydrogen (secondary N) is 1. The fourth-order valence-electron chi connectivity index (χ4n) is 0.579. The maximum Gasteiger partial charge on any atom is 0.320 e. The van der Waals surface area contributed by atoms with Gasteiger partial charge in [-0.05, 0) is 13.8 Å². The number of ether oxygens (including phenoxy) is 1. The summed E-state index contributed by atoms with van der Waals surface area (Å²) in [7, 11) is 0. The van der Waals surface area contributed by atoms with E-state index in [0.717, 1.165) is 0 Å². The summed E-state index contributed by atoms with van der Waals surface area (Å²) >= 11 is 0. The average Bonchev–Trinajstić information content (AvgIpc) is 1.97. The Morgan fingerprint density at radius 1 is 1.73 bits per heavy atom. The van der Waals surface area contributed by atoms with Crippen LogP contribution in [0.4, 0.5) is 0 Å². The molecule has 2 N–H and O–H groups in total. The minimum absolute atomic E-state index is 0.490.